The van der Waals surface area contributed by atoms with Gasteiger partial charge in [0.25, 0.3) is 0 Å². The Bertz CT molecular complexity index is 1670. The number of rotatable bonds is 67. The van der Waals surface area contributed by atoms with E-state index in [1.807, 2.05) is 0 Å². The van der Waals surface area contributed by atoms with Crippen molar-refractivity contribution in [2.45, 2.75) is 361 Å². The van der Waals surface area contributed by atoms with E-state index in [1.54, 1.807) is 0 Å². The molecule has 0 bridgehead atoms. The molecule has 0 fully saturated rings. The lowest BCUT2D eigenvalue weighted by Crippen LogP contribution is -2.30. The van der Waals surface area contributed by atoms with Crippen molar-refractivity contribution >= 4 is 39.5 Å². The summed E-state index contributed by atoms with van der Waals surface area (Å²) >= 11 is 0. The van der Waals surface area contributed by atoms with Crippen LogP contribution >= 0.6 is 15.6 Å². The molecule has 3 N–H and O–H groups in total. The lowest BCUT2D eigenvalue weighted by molar-refractivity contribution is -0.161. The van der Waals surface area contributed by atoms with Crippen LogP contribution in [0.5, 0.6) is 0 Å². The normalized spacial score (nSPS) is 14.2. The SMILES string of the molecule is CCCCCCCCCCCCCCCCCCCCCCCCC(=O)O[C@H](COC(=O)CCCCCCCCCC(C)C)COP(=O)(O)OC[C@@H](O)COP(=O)(O)OC[C@@H](COC(=O)CCCCCCCCC)OC(=O)CCCCCCCCC. The Morgan fingerprint density at radius 1 is 0.314 bits per heavy atom. The second kappa shape index (κ2) is 60.6. The van der Waals surface area contributed by atoms with Crippen LogP contribution in [0, 0.1) is 5.92 Å². The van der Waals surface area contributed by atoms with Crippen molar-refractivity contribution in [3.8, 4) is 0 Å². The molecule has 0 aromatic heterocycles. The third kappa shape index (κ3) is 60.9. The third-order valence-electron chi connectivity index (χ3n) is 15.5. The summed E-state index contributed by atoms with van der Waals surface area (Å²) in [6.45, 7) is 7.07. The van der Waals surface area contributed by atoms with Crippen LogP contribution in [0.3, 0.4) is 0 Å². The maximum absolute atomic E-state index is 13.0. The summed E-state index contributed by atoms with van der Waals surface area (Å²) < 4.78 is 67.8. The van der Waals surface area contributed by atoms with Crippen LogP contribution in [0.2, 0.25) is 0 Å². The van der Waals surface area contributed by atoms with Crippen LogP contribution in [-0.2, 0) is 65.4 Å². The number of ether oxygens (including phenoxy) is 4. The molecule has 5 atom stereocenters. The van der Waals surface area contributed by atoms with Gasteiger partial charge in [-0.05, 0) is 31.6 Å². The largest absolute Gasteiger partial charge is 0.472 e. The fourth-order valence-corrected chi connectivity index (χ4v) is 11.7. The molecule has 19 heteroatoms. The fraction of sp³-hybridized carbons (Fsp3) is 0.940. The van der Waals surface area contributed by atoms with Crippen molar-refractivity contribution < 1.29 is 80.2 Å². The number of hydrogen-bond acceptors (Lipinski definition) is 15. The van der Waals surface area contributed by atoms with Crippen molar-refractivity contribution in [2.24, 2.45) is 5.92 Å². The molecule has 0 radical (unpaired) electrons. The molecule has 0 heterocycles. The molecule has 0 saturated carbocycles. The highest BCUT2D eigenvalue weighted by atomic mass is 31.2. The number of phosphoric acid groups is 2. The van der Waals surface area contributed by atoms with Gasteiger partial charge in [0.05, 0.1) is 26.4 Å². The molecule has 0 aliphatic heterocycles. The molecule has 0 amide bonds. The fourth-order valence-electron chi connectivity index (χ4n) is 10.1. The molecule has 0 spiro atoms. The van der Waals surface area contributed by atoms with Crippen molar-refractivity contribution in [1.29, 1.82) is 0 Å². The molecule has 0 aliphatic carbocycles. The highest BCUT2D eigenvalue weighted by Crippen LogP contribution is 2.45. The summed E-state index contributed by atoms with van der Waals surface area (Å²) in [4.78, 5) is 72.0. The van der Waals surface area contributed by atoms with Crippen molar-refractivity contribution in [3.05, 3.63) is 0 Å². The summed E-state index contributed by atoms with van der Waals surface area (Å²) in [5.74, 6) is -1.44. The number of aliphatic hydroxyl groups is 1. The molecule has 0 aromatic rings. The van der Waals surface area contributed by atoms with Gasteiger partial charge < -0.3 is 33.8 Å². The summed E-state index contributed by atoms with van der Waals surface area (Å²) in [7, 11) is -9.88. The highest BCUT2D eigenvalue weighted by molar-refractivity contribution is 7.47. The molecule has 510 valence electrons. The second-order valence-electron chi connectivity index (χ2n) is 24.7. The van der Waals surface area contributed by atoms with Gasteiger partial charge in [-0.25, -0.2) is 9.13 Å². The third-order valence-corrected chi connectivity index (χ3v) is 17.4. The summed E-state index contributed by atoms with van der Waals surface area (Å²) in [5.41, 5.74) is 0. The van der Waals surface area contributed by atoms with Crippen molar-refractivity contribution in [1.82, 2.24) is 0 Å². The number of unbranched alkanes of at least 4 members (excludes halogenated alkanes) is 39. The zero-order valence-electron chi connectivity index (χ0n) is 55.4. The van der Waals surface area contributed by atoms with E-state index in [2.05, 4.69) is 34.6 Å². The van der Waals surface area contributed by atoms with Crippen LogP contribution in [0.1, 0.15) is 343 Å². The molecular formula is C67H130O17P2. The van der Waals surface area contributed by atoms with Crippen LogP contribution in [-0.4, -0.2) is 96.7 Å². The summed E-state index contributed by atoms with van der Waals surface area (Å²) in [5, 5.41) is 10.5. The zero-order valence-corrected chi connectivity index (χ0v) is 57.2. The first-order valence-corrected chi connectivity index (χ1v) is 38.1. The molecule has 86 heavy (non-hydrogen) atoms. The van der Waals surface area contributed by atoms with Crippen LogP contribution in [0.15, 0.2) is 0 Å². The Labute approximate surface area is 524 Å². The van der Waals surface area contributed by atoms with Gasteiger partial charge in [-0.3, -0.25) is 37.3 Å². The molecule has 0 aliphatic rings. The van der Waals surface area contributed by atoms with Gasteiger partial charge in [0.1, 0.15) is 19.3 Å². The first-order valence-electron chi connectivity index (χ1n) is 35.1. The van der Waals surface area contributed by atoms with Crippen molar-refractivity contribution in [3.63, 3.8) is 0 Å². The predicted molar refractivity (Wildman–Crippen MR) is 345 cm³/mol. The van der Waals surface area contributed by atoms with E-state index in [9.17, 15) is 43.2 Å². The number of aliphatic hydroxyl groups excluding tert-OH is 1. The summed E-state index contributed by atoms with van der Waals surface area (Å²) in [6, 6.07) is 0. The Morgan fingerprint density at radius 3 is 0.791 bits per heavy atom. The molecule has 0 rings (SSSR count). The van der Waals surface area contributed by atoms with E-state index < -0.39 is 97.5 Å². The average Bonchev–Trinajstić information content (AvgIpc) is 3.70. The number of hydrogen-bond donors (Lipinski definition) is 3. The van der Waals surface area contributed by atoms with E-state index in [1.165, 1.54) is 135 Å². The molecular weight excluding hydrogens is 1140 g/mol. The van der Waals surface area contributed by atoms with E-state index >= 15 is 0 Å². The van der Waals surface area contributed by atoms with E-state index in [0.29, 0.717) is 31.6 Å². The lowest BCUT2D eigenvalue weighted by atomic mass is 10.0. The Balaban J connectivity index is 5.05. The first-order chi connectivity index (χ1) is 41.5. The smallest absolute Gasteiger partial charge is 0.462 e. The number of carbonyl (C=O) groups excluding carboxylic acids is 4. The Hall–Kier alpha value is -1.94. The average molecular weight is 1270 g/mol. The summed E-state index contributed by atoms with van der Waals surface area (Å²) in [6.07, 6.45) is 46.5. The standard InChI is InChI=1S/C67H130O17P2/c1-6-9-12-15-18-19-20-21-22-23-24-25-26-27-28-29-30-31-32-37-43-48-53-67(72)84-63(57-78-65(70)51-46-41-38-33-36-39-44-49-60(4)5)59-82-86(75,76)80-55-61(68)54-79-85(73,74)81-58-62(83-66(71)52-47-42-35-17-14-11-8-3)56-77-64(69)50-45-40-34-16-13-10-7-2/h60-63,68H,6-59H2,1-5H3,(H,73,74)(H,75,76)/t61-,62+,63+/m0/s1. The topological polar surface area (TPSA) is 237 Å². The minimum atomic E-state index is -4.94. The molecule has 0 aromatic carbocycles. The Morgan fingerprint density at radius 2 is 0.535 bits per heavy atom. The van der Waals surface area contributed by atoms with Gasteiger partial charge in [-0.1, -0.05) is 291 Å². The number of carbonyl (C=O) groups is 4. The second-order valence-corrected chi connectivity index (χ2v) is 27.6. The van der Waals surface area contributed by atoms with Crippen LogP contribution in [0.25, 0.3) is 0 Å². The minimum absolute atomic E-state index is 0.103. The minimum Gasteiger partial charge on any atom is -0.462 e. The lowest BCUT2D eigenvalue weighted by Gasteiger charge is -2.21. The van der Waals surface area contributed by atoms with Gasteiger partial charge in [0.2, 0.25) is 0 Å². The van der Waals surface area contributed by atoms with Gasteiger partial charge in [0, 0.05) is 25.7 Å². The maximum atomic E-state index is 13.0. The van der Waals surface area contributed by atoms with Gasteiger partial charge in [-0.15, -0.1) is 0 Å². The zero-order chi connectivity index (χ0) is 63.5. The van der Waals surface area contributed by atoms with Gasteiger partial charge >= 0.3 is 39.5 Å². The first kappa shape index (κ1) is 84.1. The maximum Gasteiger partial charge on any atom is 0.472 e. The van der Waals surface area contributed by atoms with E-state index in [-0.39, 0.29) is 25.7 Å². The quantitative estimate of drug-likeness (QED) is 0.0222. The van der Waals surface area contributed by atoms with E-state index in [0.717, 1.165) is 122 Å². The van der Waals surface area contributed by atoms with Crippen LogP contribution in [0.4, 0.5) is 0 Å². The molecule has 17 nitrogen and oxygen atoms in total. The van der Waals surface area contributed by atoms with E-state index in [4.69, 9.17) is 37.0 Å². The van der Waals surface area contributed by atoms with Crippen LogP contribution < -0.4 is 0 Å². The van der Waals surface area contributed by atoms with Gasteiger partial charge in [-0.2, -0.15) is 0 Å². The van der Waals surface area contributed by atoms with Crippen molar-refractivity contribution in [2.75, 3.05) is 39.6 Å². The number of phosphoric ester groups is 2. The predicted octanol–water partition coefficient (Wildman–Crippen LogP) is 19.0. The molecule has 0 saturated heterocycles. The number of esters is 4. The molecule has 2 unspecified atom stereocenters. The Kier molecular flexibility index (Phi) is 59.2. The highest BCUT2D eigenvalue weighted by Gasteiger charge is 2.30. The monoisotopic (exact) mass is 1270 g/mol. The van der Waals surface area contributed by atoms with Gasteiger partial charge in [0.15, 0.2) is 12.2 Å².